The van der Waals surface area contributed by atoms with Gasteiger partial charge in [0.15, 0.2) is 0 Å². The minimum atomic E-state index is -0.325. The van der Waals surface area contributed by atoms with E-state index in [1.807, 2.05) is 0 Å². The summed E-state index contributed by atoms with van der Waals surface area (Å²) in [4.78, 5) is 12.0. The first-order valence-corrected chi connectivity index (χ1v) is 3.33. The quantitative estimate of drug-likeness (QED) is 0.377. The molecule has 0 saturated carbocycles. The van der Waals surface area contributed by atoms with Gasteiger partial charge in [-0.3, -0.25) is 4.79 Å². The summed E-state index contributed by atoms with van der Waals surface area (Å²) in [5.74, 6) is 0. The van der Waals surface area contributed by atoms with Crippen molar-refractivity contribution < 1.29 is 4.79 Å². The van der Waals surface area contributed by atoms with Crippen LogP contribution in [0.25, 0.3) is 0 Å². The molecular formula is C6H10ClNO. The van der Waals surface area contributed by atoms with Gasteiger partial charge in [0.05, 0.1) is 0 Å². The molecule has 1 rings (SSSR count). The lowest BCUT2D eigenvalue weighted by atomic mass is 9.85. The van der Waals surface area contributed by atoms with E-state index in [9.17, 15) is 4.79 Å². The van der Waals surface area contributed by atoms with Crippen molar-refractivity contribution in [2.45, 2.75) is 13.8 Å². The summed E-state index contributed by atoms with van der Waals surface area (Å²) < 4.78 is 0. The Morgan fingerprint density at radius 3 is 2.11 bits per heavy atom. The highest BCUT2D eigenvalue weighted by atomic mass is 35.5. The molecule has 0 radical (unpaired) electrons. The number of carbonyl (C=O) groups is 1. The van der Waals surface area contributed by atoms with Crippen LogP contribution in [0.1, 0.15) is 13.8 Å². The topological polar surface area (TPSA) is 20.3 Å². The Hall–Kier alpha value is -0.240. The molecule has 0 atom stereocenters. The minimum absolute atomic E-state index is 0.296. The number of nitrogens with zero attached hydrogens (tertiary/aromatic N) is 1. The molecule has 0 aromatic carbocycles. The van der Waals surface area contributed by atoms with Crippen LogP contribution < -0.4 is 0 Å². The van der Waals surface area contributed by atoms with Gasteiger partial charge in [0, 0.05) is 18.5 Å². The third-order valence-corrected chi connectivity index (χ3v) is 1.73. The first kappa shape index (κ1) is 6.87. The van der Waals surface area contributed by atoms with Gasteiger partial charge in [-0.25, -0.2) is 0 Å². The van der Waals surface area contributed by atoms with E-state index in [0.717, 1.165) is 13.1 Å². The zero-order valence-corrected chi connectivity index (χ0v) is 6.40. The van der Waals surface area contributed by atoms with E-state index in [-0.39, 0.29) is 5.37 Å². The number of hydrogen-bond donors (Lipinski definition) is 0. The molecule has 0 spiro atoms. The molecule has 1 amide bonds. The molecule has 1 saturated heterocycles. The molecule has 1 fully saturated rings. The van der Waals surface area contributed by atoms with E-state index < -0.39 is 0 Å². The van der Waals surface area contributed by atoms with Gasteiger partial charge >= 0.3 is 5.37 Å². The van der Waals surface area contributed by atoms with Crippen LogP contribution in [0.3, 0.4) is 0 Å². The van der Waals surface area contributed by atoms with E-state index in [2.05, 4.69) is 13.8 Å². The summed E-state index contributed by atoms with van der Waals surface area (Å²) in [6, 6.07) is 0. The van der Waals surface area contributed by atoms with Crippen molar-refractivity contribution in [1.82, 2.24) is 4.90 Å². The molecule has 1 aliphatic rings. The summed E-state index contributed by atoms with van der Waals surface area (Å²) in [6.45, 7) is 5.83. The van der Waals surface area contributed by atoms with E-state index in [0.29, 0.717) is 5.41 Å². The molecule has 0 aromatic heterocycles. The lowest BCUT2D eigenvalue weighted by molar-refractivity contribution is 0.0743. The van der Waals surface area contributed by atoms with Crippen LogP contribution in [0.4, 0.5) is 4.79 Å². The minimum Gasteiger partial charge on any atom is -0.328 e. The fourth-order valence-electron chi connectivity index (χ4n) is 1.11. The molecule has 0 bridgehead atoms. The van der Waals surface area contributed by atoms with Gasteiger partial charge < -0.3 is 4.90 Å². The summed E-state index contributed by atoms with van der Waals surface area (Å²) >= 11 is 5.19. The van der Waals surface area contributed by atoms with Crippen molar-refractivity contribution in [2.24, 2.45) is 5.41 Å². The maximum atomic E-state index is 10.4. The van der Waals surface area contributed by atoms with E-state index in [1.165, 1.54) is 0 Å². The van der Waals surface area contributed by atoms with Gasteiger partial charge in [0.1, 0.15) is 0 Å². The van der Waals surface area contributed by atoms with Crippen LogP contribution in [-0.2, 0) is 0 Å². The zero-order chi connectivity index (χ0) is 7.07. The van der Waals surface area contributed by atoms with Crippen molar-refractivity contribution in [3.8, 4) is 0 Å². The van der Waals surface area contributed by atoms with Gasteiger partial charge in [0.25, 0.3) is 0 Å². The first-order chi connectivity index (χ1) is 4.01. The predicted molar refractivity (Wildman–Crippen MR) is 36.6 cm³/mol. The van der Waals surface area contributed by atoms with Crippen molar-refractivity contribution in [3.63, 3.8) is 0 Å². The molecular weight excluding hydrogens is 138 g/mol. The number of carbonyl (C=O) groups excluding carboxylic acids is 1. The fourth-order valence-corrected chi connectivity index (χ4v) is 1.23. The zero-order valence-electron chi connectivity index (χ0n) is 5.65. The predicted octanol–water partition coefficient (Wildman–Crippen LogP) is 1.69. The summed E-state index contributed by atoms with van der Waals surface area (Å²) in [6.07, 6.45) is 0. The monoisotopic (exact) mass is 147 g/mol. The molecule has 1 aliphatic heterocycles. The SMILES string of the molecule is CC1(C)CN(C(=O)Cl)C1. The van der Waals surface area contributed by atoms with Crippen molar-refractivity contribution in [1.29, 1.82) is 0 Å². The number of halogens is 1. The molecule has 2 nitrogen and oxygen atoms in total. The maximum absolute atomic E-state index is 10.4. The smallest absolute Gasteiger partial charge is 0.316 e. The van der Waals surface area contributed by atoms with Gasteiger partial charge in [-0.05, 0) is 11.6 Å². The van der Waals surface area contributed by atoms with Crippen LogP contribution in [0.2, 0.25) is 0 Å². The number of amides is 1. The van der Waals surface area contributed by atoms with Gasteiger partial charge in [-0.1, -0.05) is 13.8 Å². The standard InChI is InChI=1S/C6H10ClNO/c1-6(2)3-8(4-6)5(7)9/h3-4H2,1-2H3. The largest absolute Gasteiger partial charge is 0.328 e. The Labute approximate surface area is 59.8 Å². The average Bonchev–Trinajstić information content (AvgIpc) is 1.59. The van der Waals surface area contributed by atoms with Crippen molar-refractivity contribution in [2.75, 3.05) is 13.1 Å². The third-order valence-electron chi connectivity index (χ3n) is 1.49. The van der Waals surface area contributed by atoms with Crippen LogP contribution >= 0.6 is 11.6 Å². The molecule has 0 unspecified atom stereocenters. The average molecular weight is 148 g/mol. The molecule has 0 aromatic rings. The molecule has 0 aliphatic carbocycles. The van der Waals surface area contributed by atoms with E-state index >= 15 is 0 Å². The number of likely N-dealkylation sites (tertiary alicyclic amines) is 1. The Bertz CT molecular complexity index is 136. The van der Waals surface area contributed by atoms with E-state index in [1.54, 1.807) is 4.90 Å². The maximum Gasteiger partial charge on any atom is 0.316 e. The van der Waals surface area contributed by atoms with Gasteiger partial charge in [-0.2, -0.15) is 0 Å². The highest BCUT2D eigenvalue weighted by molar-refractivity contribution is 6.62. The third kappa shape index (κ3) is 1.36. The van der Waals surface area contributed by atoms with Crippen molar-refractivity contribution >= 4 is 17.0 Å². The Morgan fingerprint density at radius 1 is 1.56 bits per heavy atom. The summed E-state index contributed by atoms with van der Waals surface area (Å²) in [5, 5.41) is -0.325. The summed E-state index contributed by atoms with van der Waals surface area (Å²) in [7, 11) is 0. The summed E-state index contributed by atoms with van der Waals surface area (Å²) in [5.41, 5.74) is 0.296. The number of hydrogen-bond acceptors (Lipinski definition) is 1. The molecule has 3 heteroatoms. The second kappa shape index (κ2) is 1.87. The Kier molecular flexibility index (Phi) is 1.43. The molecule has 1 heterocycles. The number of rotatable bonds is 0. The molecule has 9 heavy (non-hydrogen) atoms. The lowest BCUT2D eigenvalue weighted by Crippen LogP contribution is -2.53. The second-order valence-electron chi connectivity index (χ2n) is 3.27. The molecule has 0 N–H and O–H groups in total. The lowest BCUT2D eigenvalue weighted by Gasteiger charge is -2.44. The highest BCUT2D eigenvalue weighted by Gasteiger charge is 2.36. The fraction of sp³-hybridized carbons (Fsp3) is 0.833. The Morgan fingerprint density at radius 2 is 2.00 bits per heavy atom. The van der Waals surface area contributed by atoms with Crippen LogP contribution in [0.15, 0.2) is 0 Å². The Balaban J connectivity index is 2.35. The van der Waals surface area contributed by atoms with Crippen molar-refractivity contribution in [3.05, 3.63) is 0 Å². The van der Waals surface area contributed by atoms with Gasteiger partial charge in [0.2, 0.25) is 0 Å². The van der Waals surface area contributed by atoms with Crippen LogP contribution in [0, 0.1) is 5.41 Å². The molecule has 52 valence electrons. The van der Waals surface area contributed by atoms with Crippen LogP contribution in [-0.4, -0.2) is 23.4 Å². The first-order valence-electron chi connectivity index (χ1n) is 2.96. The van der Waals surface area contributed by atoms with E-state index in [4.69, 9.17) is 11.6 Å². The van der Waals surface area contributed by atoms with Crippen LogP contribution in [0.5, 0.6) is 0 Å². The van der Waals surface area contributed by atoms with Gasteiger partial charge in [-0.15, -0.1) is 0 Å². The normalized spacial score (nSPS) is 23.2. The second-order valence-corrected chi connectivity index (χ2v) is 3.60. The highest BCUT2D eigenvalue weighted by Crippen LogP contribution is 2.29.